The van der Waals surface area contributed by atoms with Crippen LogP contribution in [0.4, 0.5) is 0 Å². The van der Waals surface area contributed by atoms with E-state index in [1.54, 1.807) is 7.11 Å². The van der Waals surface area contributed by atoms with Crippen LogP contribution in [0.3, 0.4) is 0 Å². The summed E-state index contributed by atoms with van der Waals surface area (Å²) in [5, 5.41) is 0. The number of ether oxygens (including phenoxy) is 1. The third kappa shape index (κ3) is 1.81. The molecule has 0 aliphatic heterocycles. The maximum Gasteiger partial charge on any atom is 0.169 e. The van der Waals surface area contributed by atoms with Gasteiger partial charge in [0, 0.05) is 16.5 Å². The summed E-state index contributed by atoms with van der Waals surface area (Å²) in [7, 11) is 1.58. The maximum absolute atomic E-state index is 12.2. The zero-order chi connectivity index (χ0) is 12.6. The van der Waals surface area contributed by atoms with Crippen LogP contribution in [-0.4, -0.2) is 12.9 Å². The molecule has 0 amide bonds. The molecule has 2 rings (SSSR count). The quantitative estimate of drug-likeness (QED) is 0.574. The minimum absolute atomic E-state index is 0.203. The van der Waals surface area contributed by atoms with Gasteiger partial charge in [-0.15, -0.1) is 0 Å². The van der Waals surface area contributed by atoms with Crippen molar-refractivity contribution in [2.24, 2.45) is 5.41 Å². The molecule has 0 heterocycles. The summed E-state index contributed by atoms with van der Waals surface area (Å²) in [6.07, 6.45) is 0.807. The Morgan fingerprint density at radius 3 is 2.76 bits per heavy atom. The second kappa shape index (κ2) is 3.90. The predicted molar refractivity (Wildman–Crippen MR) is 67.8 cm³/mol. The molecule has 0 atom stereocenters. The van der Waals surface area contributed by atoms with Gasteiger partial charge in [-0.2, -0.15) is 0 Å². The Labute approximate surface area is 102 Å². The van der Waals surface area contributed by atoms with E-state index in [0.29, 0.717) is 5.76 Å². The highest BCUT2D eigenvalue weighted by Gasteiger charge is 2.37. The molecule has 2 nitrogen and oxygen atoms in total. The molecule has 1 aliphatic carbocycles. The summed E-state index contributed by atoms with van der Waals surface area (Å²) in [5.74, 6) is 0.777. The van der Waals surface area contributed by atoms with Crippen molar-refractivity contribution >= 4 is 11.5 Å². The molecule has 1 aromatic rings. The zero-order valence-electron chi connectivity index (χ0n) is 10.5. The largest absolute Gasteiger partial charge is 0.489 e. The Balaban J connectivity index is 2.52. The van der Waals surface area contributed by atoms with Crippen LogP contribution in [0.15, 0.2) is 30.5 Å². The Hall–Kier alpha value is -1.79. The fourth-order valence-corrected chi connectivity index (χ4v) is 2.30. The van der Waals surface area contributed by atoms with E-state index < -0.39 is 0 Å². The average Bonchev–Trinajstić information content (AvgIpc) is 2.52. The van der Waals surface area contributed by atoms with Crippen molar-refractivity contribution in [1.82, 2.24) is 0 Å². The molecule has 0 unspecified atom stereocenters. The number of hydrogen-bond donors (Lipinski definition) is 0. The van der Waals surface area contributed by atoms with Gasteiger partial charge in [0.25, 0.3) is 0 Å². The van der Waals surface area contributed by atoms with E-state index in [-0.39, 0.29) is 11.2 Å². The topological polar surface area (TPSA) is 26.3 Å². The van der Waals surface area contributed by atoms with E-state index in [4.69, 9.17) is 4.74 Å². The molecule has 0 fully saturated rings. The molecule has 1 aliphatic rings. The van der Waals surface area contributed by atoms with Gasteiger partial charge in [0.2, 0.25) is 0 Å². The Kier molecular flexibility index (Phi) is 2.68. The highest BCUT2D eigenvalue weighted by molar-refractivity contribution is 6.04. The lowest BCUT2D eigenvalue weighted by Gasteiger charge is -2.13. The van der Waals surface area contributed by atoms with Gasteiger partial charge >= 0.3 is 0 Å². The number of Topliss-reactive ketones (excluding diaryl/α,β-unsaturated/α-hetero) is 1. The summed E-state index contributed by atoms with van der Waals surface area (Å²) in [5.41, 5.74) is 5.21. The molecule has 0 radical (unpaired) electrons. The van der Waals surface area contributed by atoms with Gasteiger partial charge in [-0.25, -0.2) is 0 Å². The smallest absolute Gasteiger partial charge is 0.169 e. The van der Waals surface area contributed by atoms with Gasteiger partial charge in [-0.3, -0.25) is 4.79 Å². The van der Waals surface area contributed by atoms with Crippen molar-refractivity contribution in [2.45, 2.75) is 20.3 Å². The van der Waals surface area contributed by atoms with Gasteiger partial charge in [0.05, 0.1) is 7.11 Å². The third-order valence-corrected chi connectivity index (χ3v) is 3.23. The lowest BCUT2D eigenvalue weighted by atomic mass is 9.89. The second-order valence-electron chi connectivity index (χ2n) is 4.97. The van der Waals surface area contributed by atoms with Crippen LogP contribution in [0, 0.1) is 5.41 Å². The molecule has 0 spiro atoms. The van der Waals surface area contributed by atoms with E-state index in [1.807, 2.05) is 32.0 Å². The van der Waals surface area contributed by atoms with Crippen LogP contribution < -0.4 is 0 Å². The molecule has 0 saturated heterocycles. The number of methoxy groups -OCH3 is 1. The number of carbonyl (C=O) groups is 1. The molecular weight excluding hydrogens is 212 g/mol. The first-order valence-electron chi connectivity index (χ1n) is 5.62. The molecule has 1 aromatic carbocycles. The number of rotatable bonds is 2. The van der Waals surface area contributed by atoms with Crippen LogP contribution in [0.2, 0.25) is 0 Å². The second-order valence-corrected chi connectivity index (χ2v) is 4.97. The van der Waals surface area contributed by atoms with Crippen molar-refractivity contribution in [1.29, 1.82) is 0 Å². The lowest BCUT2D eigenvalue weighted by molar-refractivity contribution is 0.0863. The number of hydrogen-bond acceptors (Lipinski definition) is 2. The minimum Gasteiger partial charge on any atom is -0.489 e. The van der Waals surface area contributed by atoms with E-state index in [9.17, 15) is 4.79 Å². The fraction of sp³-hybridized carbons (Fsp3) is 0.333. The zero-order valence-corrected chi connectivity index (χ0v) is 10.5. The molecular formula is C15H16O2. The van der Waals surface area contributed by atoms with E-state index in [1.165, 1.54) is 0 Å². The van der Waals surface area contributed by atoms with Gasteiger partial charge < -0.3 is 4.74 Å². The van der Waals surface area contributed by atoms with Gasteiger partial charge in [0.1, 0.15) is 0 Å². The summed E-state index contributed by atoms with van der Waals surface area (Å²) in [4.78, 5) is 12.2. The monoisotopic (exact) mass is 228 g/mol. The Morgan fingerprint density at radius 2 is 2.18 bits per heavy atom. The van der Waals surface area contributed by atoms with Crippen molar-refractivity contribution in [3.63, 3.8) is 0 Å². The Morgan fingerprint density at radius 1 is 1.47 bits per heavy atom. The molecule has 0 saturated carbocycles. The third-order valence-electron chi connectivity index (χ3n) is 3.23. The lowest BCUT2D eigenvalue weighted by Crippen LogP contribution is -2.18. The highest BCUT2D eigenvalue weighted by Crippen LogP contribution is 2.37. The summed E-state index contributed by atoms with van der Waals surface area (Å²) >= 11 is 0. The molecule has 2 heteroatoms. The predicted octanol–water partition coefficient (Wildman–Crippen LogP) is 3.22. The summed E-state index contributed by atoms with van der Waals surface area (Å²) < 4.78 is 5.16. The van der Waals surface area contributed by atoms with Crippen molar-refractivity contribution in [2.75, 3.05) is 7.11 Å². The highest BCUT2D eigenvalue weighted by atomic mass is 16.5. The van der Waals surface area contributed by atoms with Crippen molar-refractivity contribution < 1.29 is 9.53 Å². The van der Waals surface area contributed by atoms with Crippen LogP contribution in [-0.2, 0) is 11.2 Å². The molecule has 0 N–H and O–H groups in total. The molecule has 0 aromatic heterocycles. The number of benzene rings is 1. The normalized spacial score (nSPS) is 16.3. The van der Waals surface area contributed by atoms with Crippen LogP contribution >= 0.6 is 0 Å². The first-order chi connectivity index (χ1) is 7.99. The number of ketones is 1. The maximum atomic E-state index is 12.2. The van der Waals surface area contributed by atoms with E-state index >= 15 is 0 Å². The van der Waals surface area contributed by atoms with E-state index in [0.717, 1.165) is 23.1 Å². The first kappa shape index (κ1) is 11.7. The minimum atomic E-state index is -0.286. The summed E-state index contributed by atoms with van der Waals surface area (Å²) in [6.45, 7) is 7.54. The van der Waals surface area contributed by atoms with Gasteiger partial charge in [-0.1, -0.05) is 38.3 Å². The van der Waals surface area contributed by atoms with Gasteiger partial charge in [0.15, 0.2) is 11.5 Å². The molecule has 88 valence electrons. The van der Waals surface area contributed by atoms with Crippen molar-refractivity contribution in [3.05, 3.63) is 47.2 Å². The van der Waals surface area contributed by atoms with Crippen molar-refractivity contribution in [3.8, 4) is 0 Å². The van der Waals surface area contributed by atoms with Crippen LogP contribution in [0.25, 0.3) is 5.76 Å². The van der Waals surface area contributed by atoms with Crippen LogP contribution in [0.1, 0.15) is 35.3 Å². The van der Waals surface area contributed by atoms with Crippen LogP contribution in [0.5, 0.6) is 0 Å². The average molecular weight is 228 g/mol. The standard InChI is InChI=1S/C15H16O2/c1-5-13(17-4)10-6-7-11-9-15(2,3)14(16)12(11)8-10/h6-8H,1,9H2,2-4H3. The van der Waals surface area contributed by atoms with Gasteiger partial charge in [-0.05, 0) is 18.1 Å². The molecule has 0 bridgehead atoms. The van der Waals surface area contributed by atoms with E-state index in [2.05, 4.69) is 12.3 Å². The fourth-order valence-electron chi connectivity index (χ4n) is 2.30. The SMILES string of the molecule is C=C=C(OC)c1ccc2c(c1)C(=O)C(C)(C)C2. The Bertz CT molecular complexity index is 532. The molecule has 17 heavy (non-hydrogen) atoms. The first-order valence-corrected chi connectivity index (χ1v) is 5.62. The summed E-state index contributed by atoms with van der Waals surface area (Å²) in [6, 6.07) is 5.82. The number of carbonyl (C=O) groups excluding carboxylic acids is 1. The number of fused-ring (bicyclic) bond motifs is 1.